The topological polar surface area (TPSA) is 169 Å². The van der Waals surface area contributed by atoms with E-state index in [2.05, 4.69) is 43.5 Å². The van der Waals surface area contributed by atoms with Crippen LogP contribution in [0.4, 0.5) is 0 Å². The molecule has 12 heteroatoms. The van der Waals surface area contributed by atoms with Crippen molar-refractivity contribution < 1.29 is 47.8 Å². The van der Waals surface area contributed by atoms with Gasteiger partial charge in [0.05, 0.1) is 13.2 Å². The van der Waals surface area contributed by atoms with Crippen LogP contribution in [-0.4, -0.2) is 64.9 Å². The highest BCUT2D eigenvalue weighted by Crippen LogP contribution is 2.43. The number of allylic oxidation sites excluding steroid dienone is 4. The Labute approximate surface area is 283 Å². The second kappa shape index (κ2) is 31.2. The van der Waals surface area contributed by atoms with E-state index >= 15 is 0 Å². The van der Waals surface area contributed by atoms with Gasteiger partial charge in [-0.3, -0.25) is 18.6 Å². The molecule has 11 nitrogen and oxygen atoms in total. The minimum atomic E-state index is -4.73. The summed E-state index contributed by atoms with van der Waals surface area (Å²) in [5.74, 6) is -2.40. The van der Waals surface area contributed by atoms with Gasteiger partial charge in [-0.25, -0.2) is 9.36 Å². The van der Waals surface area contributed by atoms with Crippen LogP contribution in [0.25, 0.3) is 0 Å². The smallest absolute Gasteiger partial charge is 0.472 e. The number of phosphoric acid groups is 1. The number of amides is 1. The number of carbonyl (C=O) groups is 3. The van der Waals surface area contributed by atoms with Gasteiger partial charge >= 0.3 is 19.8 Å². The van der Waals surface area contributed by atoms with Crippen LogP contribution in [0.15, 0.2) is 24.3 Å². The van der Waals surface area contributed by atoms with E-state index in [0.717, 1.165) is 57.8 Å². The number of aliphatic hydroxyl groups excluding tert-OH is 1. The number of carbonyl (C=O) groups excluding carboxylic acids is 2. The molecule has 0 aromatic carbocycles. The molecule has 3 unspecified atom stereocenters. The first kappa shape index (κ1) is 45.0. The summed E-state index contributed by atoms with van der Waals surface area (Å²) in [6.45, 7) is 2.41. The fourth-order valence-electron chi connectivity index (χ4n) is 4.64. The van der Waals surface area contributed by atoms with E-state index < -0.39 is 57.6 Å². The lowest BCUT2D eigenvalue weighted by Crippen LogP contribution is -2.43. The Morgan fingerprint density at radius 2 is 1.17 bits per heavy atom. The molecule has 0 rings (SSSR count). The fraction of sp³-hybridized carbons (Fsp3) is 0.800. The first-order valence-electron chi connectivity index (χ1n) is 17.9. The molecular formula is C35H64NO10P. The van der Waals surface area contributed by atoms with Crippen LogP contribution in [0.5, 0.6) is 0 Å². The first-order valence-corrected chi connectivity index (χ1v) is 19.4. The van der Waals surface area contributed by atoms with Crippen LogP contribution in [0.2, 0.25) is 0 Å². The zero-order valence-corrected chi connectivity index (χ0v) is 30.0. The summed E-state index contributed by atoms with van der Waals surface area (Å²) in [6, 6.07) is -1.54. The Kier molecular flexibility index (Phi) is 29.9. The van der Waals surface area contributed by atoms with E-state index in [-0.39, 0.29) is 12.8 Å². The van der Waals surface area contributed by atoms with Crippen LogP contribution in [0, 0.1) is 0 Å². The molecule has 274 valence electrons. The third kappa shape index (κ3) is 31.0. The quantitative estimate of drug-likeness (QED) is 0.0230. The summed E-state index contributed by atoms with van der Waals surface area (Å²) in [4.78, 5) is 45.2. The van der Waals surface area contributed by atoms with E-state index in [1.54, 1.807) is 0 Å². The summed E-state index contributed by atoms with van der Waals surface area (Å²) >= 11 is 0. The van der Waals surface area contributed by atoms with E-state index in [4.69, 9.17) is 13.8 Å². The van der Waals surface area contributed by atoms with Gasteiger partial charge in [0, 0.05) is 12.8 Å². The molecular weight excluding hydrogens is 625 g/mol. The molecule has 3 atom stereocenters. The Morgan fingerprint density at radius 1 is 0.681 bits per heavy atom. The van der Waals surface area contributed by atoms with E-state index in [1.165, 1.54) is 51.4 Å². The molecule has 0 heterocycles. The molecule has 0 saturated carbocycles. The summed E-state index contributed by atoms with van der Waals surface area (Å²) in [7, 11) is -4.73. The Hall–Kier alpha value is -2.04. The number of carboxylic acids is 1. The maximum absolute atomic E-state index is 12.1. The van der Waals surface area contributed by atoms with Crippen LogP contribution in [-0.2, 0) is 32.7 Å². The third-order valence-corrected chi connectivity index (χ3v) is 8.44. The van der Waals surface area contributed by atoms with Crippen molar-refractivity contribution in [1.82, 2.24) is 5.32 Å². The first-order chi connectivity index (χ1) is 22.6. The Bertz CT molecular complexity index is 911. The predicted octanol–water partition coefficient (Wildman–Crippen LogP) is 7.94. The number of phosphoric ester groups is 1. The second-order valence-electron chi connectivity index (χ2n) is 12.1. The van der Waals surface area contributed by atoms with Crippen molar-refractivity contribution >= 4 is 25.7 Å². The number of esters is 1. The second-order valence-corrected chi connectivity index (χ2v) is 13.5. The molecule has 0 aliphatic rings. The summed E-state index contributed by atoms with van der Waals surface area (Å²) in [5, 5.41) is 21.5. The van der Waals surface area contributed by atoms with Crippen molar-refractivity contribution in [3.63, 3.8) is 0 Å². The minimum absolute atomic E-state index is 0.141. The normalized spacial score (nSPS) is 14.3. The fourth-order valence-corrected chi connectivity index (χ4v) is 5.41. The van der Waals surface area contributed by atoms with Crippen molar-refractivity contribution in [1.29, 1.82) is 0 Å². The molecule has 0 radical (unpaired) electrons. The number of nitrogens with one attached hydrogen (secondary N) is 1. The van der Waals surface area contributed by atoms with Crippen LogP contribution in [0.3, 0.4) is 0 Å². The van der Waals surface area contributed by atoms with Crippen molar-refractivity contribution in [2.75, 3.05) is 19.8 Å². The van der Waals surface area contributed by atoms with Gasteiger partial charge in [-0.1, -0.05) is 115 Å². The van der Waals surface area contributed by atoms with Gasteiger partial charge in [-0.05, 0) is 44.9 Å². The number of rotatable bonds is 33. The number of hydrogen-bond acceptors (Lipinski definition) is 8. The molecule has 0 saturated heterocycles. The van der Waals surface area contributed by atoms with E-state index in [9.17, 15) is 34.1 Å². The van der Waals surface area contributed by atoms with Gasteiger partial charge in [0.15, 0.2) is 6.04 Å². The van der Waals surface area contributed by atoms with Crippen LogP contribution >= 0.6 is 7.82 Å². The highest BCUT2D eigenvalue weighted by atomic mass is 31.2. The van der Waals surface area contributed by atoms with Gasteiger partial charge in [0.25, 0.3) is 0 Å². The van der Waals surface area contributed by atoms with E-state index in [0.29, 0.717) is 12.8 Å². The van der Waals surface area contributed by atoms with Crippen LogP contribution < -0.4 is 5.32 Å². The average Bonchev–Trinajstić information content (AvgIpc) is 3.04. The molecule has 0 aromatic heterocycles. The molecule has 47 heavy (non-hydrogen) atoms. The van der Waals surface area contributed by atoms with Gasteiger partial charge in [-0.2, -0.15) is 0 Å². The largest absolute Gasteiger partial charge is 0.480 e. The van der Waals surface area contributed by atoms with Gasteiger partial charge in [0.1, 0.15) is 12.7 Å². The van der Waals surface area contributed by atoms with Crippen LogP contribution in [0.1, 0.15) is 149 Å². The van der Waals surface area contributed by atoms with Gasteiger partial charge in [0.2, 0.25) is 5.91 Å². The number of aliphatic hydroxyl groups is 1. The zero-order chi connectivity index (χ0) is 35.0. The van der Waals surface area contributed by atoms with Crippen molar-refractivity contribution in [3.05, 3.63) is 24.3 Å². The maximum atomic E-state index is 12.1. The van der Waals surface area contributed by atoms with Gasteiger partial charge in [-0.15, -0.1) is 0 Å². The molecule has 0 aliphatic heterocycles. The highest BCUT2D eigenvalue weighted by molar-refractivity contribution is 7.47. The predicted molar refractivity (Wildman–Crippen MR) is 185 cm³/mol. The molecule has 0 fully saturated rings. The van der Waals surface area contributed by atoms with Crippen molar-refractivity contribution in [3.8, 4) is 0 Å². The maximum Gasteiger partial charge on any atom is 0.472 e. The van der Waals surface area contributed by atoms with Crippen molar-refractivity contribution in [2.45, 2.75) is 161 Å². The third-order valence-electron chi connectivity index (χ3n) is 7.49. The molecule has 0 bridgehead atoms. The molecule has 0 aromatic rings. The Balaban J connectivity index is 3.88. The molecule has 1 amide bonds. The lowest BCUT2D eigenvalue weighted by atomic mass is 10.1. The highest BCUT2D eigenvalue weighted by Gasteiger charge is 2.28. The number of aliphatic carboxylic acids is 1. The number of unbranched alkanes of at least 4 members (excludes halogenated alkanes) is 15. The van der Waals surface area contributed by atoms with Crippen molar-refractivity contribution in [2.24, 2.45) is 0 Å². The number of ether oxygens (including phenoxy) is 1. The Morgan fingerprint density at radius 3 is 1.74 bits per heavy atom. The molecule has 0 aliphatic carbocycles. The summed E-state index contributed by atoms with van der Waals surface area (Å²) in [5.41, 5.74) is 0. The minimum Gasteiger partial charge on any atom is -0.480 e. The molecule has 4 N–H and O–H groups in total. The standard InChI is InChI=1S/C35H64NO10P/c1-3-5-7-9-10-11-12-13-14-15-16-17-18-19-20-21-23-25-27-34(39)44-28-31(37)29-45-47(42,43)46-30-32(35(40)41)36-33(38)26-24-22-8-6-4-2/h11-12,14-15,31-32,37H,3-10,13,16-30H2,1-2H3,(H,36,38)(H,40,41)(H,42,43)/b12-11-,15-14-. The number of carboxylic acid groups (broad SMARTS) is 1. The SMILES string of the molecule is CCCCCC/C=C\C/C=C\CCCCCCCCCC(=O)OCC(O)COP(=O)(O)OCC(NC(=O)CCCCCCC)C(=O)O. The lowest BCUT2D eigenvalue weighted by molar-refractivity contribution is -0.147. The number of hydrogen-bond donors (Lipinski definition) is 4. The summed E-state index contributed by atoms with van der Waals surface area (Å²) < 4.78 is 26.5. The summed E-state index contributed by atoms with van der Waals surface area (Å²) in [6.07, 6.45) is 28.5. The molecule has 0 spiro atoms. The van der Waals surface area contributed by atoms with Gasteiger partial charge < -0.3 is 25.2 Å². The zero-order valence-electron chi connectivity index (χ0n) is 29.1. The monoisotopic (exact) mass is 689 g/mol. The average molecular weight is 690 g/mol. The van der Waals surface area contributed by atoms with E-state index in [1.807, 2.05) is 0 Å². The lowest BCUT2D eigenvalue weighted by Gasteiger charge is -2.18.